The highest BCUT2D eigenvalue weighted by Crippen LogP contribution is 2.53. The smallest absolute Gasteiger partial charge is 0.255 e. The predicted octanol–water partition coefficient (Wildman–Crippen LogP) is -0.797. The molecule has 0 aliphatic heterocycles. The summed E-state index contributed by atoms with van der Waals surface area (Å²) in [6.07, 6.45) is 0.00709. The molecule has 4 rings (SSSR count). The van der Waals surface area contributed by atoms with Gasteiger partial charge < -0.3 is 42.1 Å². The van der Waals surface area contributed by atoms with Crippen molar-refractivity contribution in [2.45, 2.75) is 24.5 Å². The first kappa shape index (κ1) is 27.1. The average Bonchev–Trinajstić information content (AvgIpc) is 2.78. The molecule has 1 aromatic rings. The van der Waals surface area contributed by atoms with Gasteiger partial charge in [0.15, 0.2) is 17.1 Å². The molecule has 0 saturated carbocycles. The normalized spacial score (nSPS) is 26.9. The largest absolute Gasteiger partial charge is 0.510 e. The third-order valence-electron chi connectivity index (χ3n) is 7.49. The second-order valence-electron chi connectivity index (χ2n) is 10.5. The van der Waals surface area contributed by atoms with Gasteiger partial charge in [-0.1, -0.05) is 0 Å². The van der Waals surface area contributed by atoms with Crippen molar-refractivity contribution in [2.75, 3.05) is 45.8 Å². The van der Waals surface area contributed by atoms with E-state index in [9.17, 15) is 39.6 Å². The molecule has 3 aliphatic carbocycles. The second kappa shape index (κ2) is 9.11. The van der Waals surface area contributed by atoms with E-state index < -0.39 is 69.7 Å². The van der Waals surface area contributed by atoms with Gasteiger partial charge in [-0.25, -0.2) is 0 Å². The van der Waals surface area contributed by atoms with Crippen molar-refractivity contribution < 1.29 is 39.6 Å². The second-order valence-corrected chi connectivity index (χ2v) is 10.5. The summed E-state index contributed by atoms with van der Waals surface area (Å²) in [5.41, 5.74) is 7.64. The van der Waals surface area contributed by atoms with E-state index in [1.54, 1.807) is 33.1 Å². The lowest BCUT2D eigenvalue weighted by molar-refractivity contribution is -0.148. The monoisotopic (exact) mass is 529 g/mol. The molecule has 3 aliphatic rings. The molecule has 38 heavy (non-hydrogen) atoms. The van der Waals surface area contributed by atoms with E-state index in [0.717, 1.165) is 0 Å². The lowest BCUT2D eigenvalue weighted by Gasteiger charge is -2.50. The molecule has 0 radical (unpaired) electrons. The van der Waals surface area contributed by atoms with Crippen molar-refractivity contribution in [2.24, 2.45) is 17.6 Å². The summed E-state index contributed by atoms with van der Waals surface area (Å²) >= 11 is 0. The van der Waals surface area contributed by atoms with Gasteiger partial charge in [-0.15, -0.1) is 0 Å². The highest BCUT2D eigenvalue weighted by molar-refractivity contribution is 6.25. The molecule has 0 fully saturated rings. The molecule has 0 aromatic heterocycles. The molecule has 13 nitrogen and oxygen atoms in total. The van der Waals surface area contributed by atoms with Crippen molar-refractivity contribution in [3.8, 4) is 5.75 Å². The topological polar surface area (TPSA) is 220 Å². The van der Waals surface area contributed by atoms with Crippen LogP contribution in [0.2, 0.25) is 0 Å². The molecule has 0 heterocycles. The number of aliphatic hydroxyl groups is 3. The number of nitrogens with one attached hydrogen (secondary N) is 1. The fourth-order valence-electron chi connectivity index (χ4n) is 5.92. The maximum Gasteiger partial charge on any atom is 0.255 e. The summed E-state index contributed by atoms with van der Waals surface area (Å²) in [7, 11) is 6.45. The fourth-order valence-corrected chi connectivity index (χ4v) is 5.92. The third-order valence-corrected chi connectivity index (χ3v) is 7.49. The van der Waals surface area contributed by atoms with E-state index in [1.165, 1.54) is 11.0 Å². The summed E-state index contributed by atoms with van der Waals surface area (Å²) in [5.74, 6) is -8.04. The number of hydrogen-bond acceptors (Lipinski definition) is 11. The molecule has 204 valence electrons. The number of ketones is 2. The number of aromatic hydroxyl groups is 1. The van der Waals surface area contributed by atoms with Crippen LogP contribution in [0.1, 0.15) is 22.3 Å². The van der Waals surface area contributed by atoms with Gasteiger partial charge in [0, 0.05) is 17.2 Å². The number of benzene rings is 1. The molecular formula is C25H31N5O8. The van der Waals surface area contributed by atoms with Gasteiger partial charge in [-0.2, -0.15) is 0 Å². The number of nitrogen functional groups attached to an aromatic ring is 1. The molecule has 1 aromatic carbocycles. The summed E-state index contributed by atoms with van der Waals surface area (Å²) in [5, 5.41) is 47.2. The molecule has 0 bridgehead atoms. The minimum Gasteiger partial charge on any atom is -0.510 e. The number of rotatable bonds is 5. The van der Waals surface area contributed by atoms with Gasteiger partial charge in [-0.3, -0.25) is 24.1 Å². The Morgan fingerprint density at radius 2 is 1.79 bits per heavy atom. The fraction of sp³-hybridized carbons (Fsp3) is 0.440. The number of allylic oxidation sites excluding steroid dienone is 1. The maximum atomic E-state index is 13.7. The molecule has 4 atom stereocenters. The molecule has 2 amide bonds. The van der Waals surface area contributed by atoms with E-state index in [0.29, 0.717) is 0 Å². The SMILES string of the molecule is CN(C)CC(=O)Nc1cc(N)c2c(c1O)C(=O)C1=C(O)C3(O)C(=O)C(C(N)=O)=C(O)[C@@H](N(C)C)C3CC1C2. The number of hydrogen-bond donors (Lipinski definition) is 7. The summed E-state index contributed by atoms with van der Waals surface area (Å²) in [6.45, 7) is -0.00940. The van der Waals surface area contributed by atoms with Gasteiger partial charge in [-0.05, 0) is 58.6 Å². The van der Waals surface area contributed by atoms with Crippen molar-refractivity contribution in [1.29, 1.82) is 0 Å². The highest BCUT2D eigenvalue weighted by atomic mass is 16.3. The lowest BCUT2D eigenvalue weighted by atomic mass is 9.58. The van der Waals surface area contributed by atoms with Crippen molar-refractivity contribution in [3.05, 3.63) is 39.9 Å². The Morgan fingerprint density at radius 3 is 2.34 bits per heavy atom. The first-order valence-corrected chi connectivity index (χ1v) is 11.9. The summed E-state index contributed by atoms with van der Waals surface area (Å²) in [4.78, 5) is 54.4. The summed E-state index contributed by atoms with van der Waals surface area (Å²) in [6, 6.07) is 0.254. The average molecular weight is 530 g/mol. The van der Waals surface area contributed by atoms with E-state index in [2.05, 4.69) is 5.32 Å². The molecule has 9 N–H and O–H groups in total. The van der Waals surface area contributed by atoms with Gasteiger partial charge in [0.25, 0.3) is 5.91 Å². The van der Waals surface area contributed by atoms with Crippen LogP contribution in [-0.2, 0) is 20.8 Å². The minimum atomic E-state index is -2.73. The predicted molar refractivity (Wildman–Crippen MR) is 135 cm³/mol. The zero-order valence-corrected chi connectivity index (χ0v) is 21.4. The lowest BCUT2D eigenvalue weighted by Crippen LogP contribution is -2.63. The van der Waals surface area contributed by atoms with E-state index in [-0.39, 0.29) is 47.5 Å². The molecule has 0 saturated heterocycles. The number of aliphatic hydroxyl groups excluding tert-OH is 2. The maximum absolute atomic E-state index is 13.7. The van der Waals surface area contributed by atoms with Crippen molar-refractivity contribution >= 4 is 34.8 Å². The summed E-state index contributed by atoms with van der Waals surface area (Å²) < 4.78 is 0. The molecule has 13 heteroatoms. The van der Waals surface area contributed by atoms with Gasteiger partial charge in [0.05, 0.1) is 23.8 Å². The van der Waals surface area contributed by atoms with Crippen LogP contribution in [0.4, 0.5) is 11.4 Å². The van der Waals surface area contributed by atoms with Crippen LogP contribution < -0.4 is 16.8 Å². The number of carbonyl (C=O) groups is 4. The number of fused-ring (bicyclic) bond motifs is 3. The van der Waals surface area contributed by atoms with E-state index in [1.807, 2.05) is 0 Å². The highest BCUT2D eigenvalue weighted by Gasteiger charge is 2.63. The molecule has 0 spiro atoms. The number of primary amides is 1. The number of anilines is 2. The number of nitrogens with zero attached hydrogens (tertiary/aromatic N) is 2. The molecule has 3 unspecified atom stereocenters. The first-order valence-electron chi connectivity index (χ1n) is 11.9. The third kappa shape index (κ3) is 3.81. The zero-order valence-electron chi connectivity index (χ0n) is 21.4. The number of carbonyl (C=O) groups excluding carboxylic acids is 4. The Kier molecular flexibility index (Phi) is 6.50. The van der Waals surface area contributed by atoms with Gasteiger partial charge in [0.1, 0.15) is 17.1 Å². The quantitative estimate of drug-likeness (QED) is 0.108. The van der Waals surface area contributed by atoms with Crippen LogP contribution >= 0.6 is 0 Å². The number of Topliss-reactive ketones (excluding diaryl/α,β-unsaturated/α-hetero) is 2. The number of likely N-dealkylation sites (N-methyl/N-ethyl adjacent to an activating group) is 2. The minimum absolute atomic E-state index is 0.00940. The van der Waals surface area contributed by atoms with E-state index in [4.69, 9.17) is 11.5 Å². The van der Waals surface area contributed by atoms with Crippen LogP contribution in [0.5, 0.6) is 5.75 Å². The van der Waals surface area contributed by atoms with Crippen LogP contribution in [0.25, 0.3) is 0 Å². The standard InChI is InChI=1S/C25H31N5O8/c1-29(2)8-14(31)28-13-7-12(26)10-5-9-6-11-18(30(3)4)21(34)17(24(27)37)23(36)25(11,38)22(35)15(9)20(33)16(10)19(13)32/h7,9,11,18,32,34-35,38H,5-6,8,26H2,1-4H3,(H2,27,37)(H,28,31)/t9?,11?,18-,25?/m0/s1. The van der Waals surface area contributed by atoms with Gasteiger partial charge >= 0.3 is 0 Å². The van der Waals surface area contributed by atoms with Crippen LogP contribution in [0.15, 0.2) is 28.7 Å². The van der Waals surface area contributed by atoms with Crippen molar-refractivity contribution in [3.63, 3.8) is 0 Å². The number of amides is 2. The van der Waals surface area contributed by atoms with E-state index >= 15 is 0 Å². The Labute approximate surface area is 218 Å². The Bertz CT molecular complexity index is 1350. The first-order chi connectivity index (χ1) is 17.6. The number of phenols is 1. The number of nitrogens with two attached hydrogens (primary N) is 2. The van der Waals surface area contributed by atoms with Gasteiger partial charge in [0.2, 0.25) is 11.7 Å². The zero-order chi connectivity index (χ0) is 28.4. The van der Waals surface area contributed by atoms with Crippen LogP contribution in [0, 0.1) is 11.8 Å². The van der Waals surface area contributed by atoms with Crippen LogP contribution in [0.3, 0.4) is 0 Å². The Hall–Kier alpha value is -3.94. The number of phenolic OH excluding ortho intramolecular Hbond substituents is 1. The Morgan fingerprint density at radius 1 is 1.16 bits per heavy atom. The van der Waals surface area contributed by atoms with Crippen LogP contribution in [-0.4, -0.2) is 100.0 Å². The Balaban J connectivity index is 1.88. The molecular weight excluding hydrogens is 498 g/mol. The van der Waals surface area contributed by atoms with Crippen molar-refractivity contribution in [1.82, 2.24) is 9.80 Å².